The van der Waals surface area contributed by atoms with E-state index in [9.17, 15) is 4.21 Å². The number of rotatable bonds is 2. The lowest BCUT2D eigenvalue weighted by atomic mass is 9.82. The van der Waals surface area contributed by atoms with Gasteiger partial charge < -0.3 is 5.32 Å². The fourth-order valence-electron chi connectivity index (χ4n) is 2.52. The molecule has 104 valence electrons. The molecule has 0 spiro atoms. The van der Waals surface area contributed by atoms with Crippen LogP contribution in [0.4, 0.5) is 0 Å². The van der Waals surface area contributed by atoms with Crippen molar-refractivity contribution < 1.29 is 4.21 Å². The fraction of sp³-hybridized carbons (Fsp3) is 0.462. The molecule has 0 bridgehead atoms. The van der Waals surface area contributed by atoms with Gasteiger partial charge in [-0.2, -0.15) is 0 Å². The van der Waals surface area contributed by atoms with Crippen LogP contribution in [-0.2, 0) is 10.8 Å². The SMILES string of the molecule is CNC(=S)[C@@]1(C2C=C(Cl)CC(Cl)C2)C=CC=C[S@]1=O. The highest BCUT2D eigenvalue weighted by Gasteiger charge is 2.46. The molecule has 0 radical (unpaired) electrons. The predicted molar refractivity (Wildman–Crippen MR) is 87.1 cm³/mol. The van der Waals surface area contributed by atoms with Crippen molar-refractivity contribution in [3.05, 3.63) is 34.7 Å². The quantitative estimate of drug-likeness (QED) is 0.620. The number of nitrogens with one attached hydrogen (secondary N) is 1. The molecule has 1 aliphatic heterocycles. The highest BCUT2D eigenvalue weighted by atomic mass is 35.5. The van der Waals surface area contributed by atoms with Crippen molar-refractivity contribution in [1.82, 2.24) is 5.32 Å². The highest BCUT2D eigenvalue weighted by Crippen LogP contribution is 2.41. The Morgan fingerprint density at radius 2 is 2.32 bits per heavy atom. The van der Waals surface area contributed by atoms with Crippen LogP contribution in [0.5, 0.6) is 0 Å². The molecule has 2 rings (SSSR count). The highest BCUT2D eigenvalue weighted by molar-refractivity contribution is 7.92. The normalized spacial score (nSPS) is 37.8. The van der Waals surface area contributed by atoms with Gasteiger partial charge in [0, 0.05) is 28.8 Å². The minimum Gasteiger partial charge on any atom is -0.381 e. The summed E-state index contributed by atoms with van der Waals surface area (Å²) in [6.45, 7) is 0. The van der Waals surface area contributed by atoms with Crippen molar-refractivity contribution in [2.75, 3.05) is 7.05 Å². The number of hydrogen-bond acceptors (Lipinski definition) is 2. The summed E-state index contributed by atoms with van der Waals surface area (Å²) in [5.41, 5.74) is 0. The molecule has 0 aromatic carbocycles. The topological polar surface area (TPSA) is 29.1 Å². The number of halogens is 2. The summed E-state index contributed by atoms with van der Waals surface area (Å²) in [5.74, 6) is -0.0572. The average molecular weight is 336 g/mol. The van der Waals surface area contributed by atoms with Crippen LogP contribution in [0.25, 0.3) is 0 Å². The molecule has 1 aliphatic carbocycles. The molecule has 2 unspecified atom stereocenters. The van der Waals surface area contributed by atoms with E-state index in [1.807, 2.05) is 18.2 Å². The van der Waals surface area contributed by atoms with Crippen molar-refractivity contribution in [3.63, 3.8) is 0 Å². The molecule has 6 heteroatoms. The lowest BCUT2D eigenvalue weighted by Crippen LogP contribution is -2.52. The summed E-state index contributed by atoms with van der Waals surface area (Å²) < 4.78 is 11.8. The molecule has 0 saturated heterocycles. The first-order valence-corrected chi connectivity index (χ1v) is 8.43. The van der Waals surface area contributed by atoms with Crippen LogP contribution in [0.1, 0.15) is 12.8 Å². The Morgan fingerprint density at radius 1 is 1.58 bits per heavy atom. The van der Waals surface area contributed by atoms with Gasteiger partial charge in [0.05, 0.1) is 15.8 Å². The minimum atomic E-state index is -1.23. The summed E-state index contributed by atoms with van der Waals surface area (Å²) in [7, 11) is 0.523. The number of thiocarbonyl (C=S) groups is 1. The van der Waals surface area contributed by atoms with Crippen LogP contribution in [0.15, 0.2) is 34.7 Å². The zero-order chi connectivity index (χ0) is 14.0. The van der Waals surface area contributed by atoms with E-state index in [2.05, 4.69) is 5.32 Å². The van der Waals surface area contributed by atoms with Crippen molar-refractivity contribution in [2.24, 2.45) is 5.92 Å². The molecular formula is C13H15Cl2NOS2. The van der Waals surface area contributed by atoms with Crippen molar-refractivity contribution in [3.8, 4) is 0 Å². The van der Waals surface area contributed by atoms with Gasteiger partial charge in [0.1, 0.15) is 4.75 Å². The zero-order valence-corrected chi connectivity index (χ0v) is 13.6. The van der Waals surface area contributed by atoms with Crippen LogP contribution in [0, 0.1) is 5.92 Å². The van der Waals surface area contributed by atoms with Crippen LogP contribution in [0.2, 0.25) is 0 Å². The van der Waals surface area contributed by atoms with Gasteiger partial charge in [-0.05, 0) is 12.8 Å². The number of alkyl halides is 1. The van der Waals surface area contributed by atoms with E-state index in [0.29, 0.717) is 17.8 Å². The van der Waals surface area contributed by atoms with E-state index in [-0.39, 0.29) is 11.3 Å². The third-order valence-electron chi connectivity index (χ3n) is 3.43. The Balaban J connectivity index is 2.47. The molecule has 0 fully saturated rings. The Morgan fingerprint density at radius 3 is 2.89 bits per heavy atom. The Labute approximate surface area is 131 Å². The predicted octanol–water partition coefficient (Wildman–Crippen LogP) is 3.24. The largest absolute Gasteiger partial charge is 0.381 e. The first kappa shape index (κ1) is 15.2. The van der Waals surface area contributed by atoms with Crippen LogP contribution in [-0.4, -0.2) is 26.4 Å². The molecule has 2 aliphatic rings. The smallest absolute Gasteiger partial charge is 0.124 e. The maximum Gasteiger partial charge on any atom is 0.124 e. The van der Waals surface area contributed by atoms with Gasteiger partial charge in [-0.25, -0.2) is 0 Å². The van der Waals surface area contributed by atoms with Gasteiger partial charge >= 0.3 is 0 Å². The molecule has 1 heterocycles. The fourth-order valence-corrected chi connectivity index (χ4v) is 5.18. The lowest BCUT2D eigenvalue weighted by molar-refractivity contribution is 0.509. The maximum absolute atomic E-state index is 12.6. The van der Waals surface area contributed by atoms with E-state index in [1.165, 1.54) is 0 Å². The average Bonchev–Trinajstić information content (AvgIpc) is 2.37. The number of hydrogen-bond donors (Lipinski definition) is 1. The molecule has 4 atom stereocenters. The first-order chi connectivity index (χ1) is 9.00. The monoisotopic (exact) mass is 335 g/mol. The molecule has 19 heavy (non-hydrogen) atoms. The molecule has 1 N–H and O–H groups in total. The molecular weight excluding hydrogens is 321 g/mol. The third-order valence-corrected chi connectivity index (χ3v) is 6.43. The summed E-state index contributed by atoms with van der Waals surface area (Å²) >= 11 is 17.8. The first-order valence-electron chi connectivity index (χ1n) is 6.00. The van der Waals surface area contributed by atoms with Gasteiger partial charge in [-0.3, -0.25) is 4.21 Å². The summed E-state index contributed by atoms with van der Waals surface area (Å²) in [6.07, 6.45) is 8.88. The van der Waals surface area contributed by atoms with Crippen LogP contribution in [0.3, 0.4) is 0 Å². The minimum absolute atomic E-state index is 0.0460. The van der Waals surface area contributed by atoms with E-state index < -0.39 is 15.5 Å². The van der Waals surface area contributed by atoms with Gasteiger partial charge in [0.15, 0.2) is 0 Å². The van der Waals surface area contributed by atoms with Gasteiger partial charge in [0.2, 0.25) is 0 Å². The van der Waals surface area contributed by atoms with E-state index in [4.69, 9.17) is 35.4 Å². The zero-order valence-electron chi connectivity index (χ0n) is 10.4. The second-order valence-corrected chi connectivity index (χ2v) is 7.67. The van der Waals surface area contributed by atoms with Gasteiger partial charge in [-0.15, -0.1) is 11.6 Å². The summed E-state index contributed by atoms with van der Waals surface area (Å²) in [6, 6.07) is 0. The molecule has 0 amide bonds. The van der Waals surface area contributed by atoms with Crippen molar-refractivity contribution >= 4 is 51.2 Å². The molecule has 0 saturated carbocycles. The van der Waals surface area contributed by atoms with Crippen LogP contribution < -0.4 is 5.32 Å². The van der Waals surface area contributed by atoms with Crippen molar-refractivity contribution in [1.29, 1.82) is 0 Å². The van der Waals surface area contributed by atoms with E-state index in [1.54, 1.807) is 18.5 Å². The third kappa shape index (κ3) is 2.82. The molecule has 2 nitrogen and oxygen atoms in total. The molecule has 0 aromatic rings. The van der Waals surface area contributed by atoms with E-state index >= 15 is 0 Å². The Bertz CT molecular complexity index is 501. The Kier molecular flexibility index (Phi) is 4.88. The van der Waals surface area contributed by atoms with Gasteiger partial charge in [0.25, 0.3) is 0 Å². The van der Waals surface area contributed by atoms with Crippen molar-refractivity contribution in [2.45, 2.75) is 23.0 Å². The van der Waals surface area contributed by atoms with E-state index in [0.717, 1.165) is 5.03 Å². The number of allylic oxidation sites excluding steroid dienone is 4. The van der Waals surface area contributed by atoms with Crippen LogP contribution >= 0.6 is 35.4 Å². The summed E-state index contributed by atoms with van der Waals surface area (Å²) in [4.78, 5) is 0.558. The van der Waals surface area contributed by atoms with Gasteiger partial charge in [-0.1, -0.05) is 48.1 Å². The Hall–Kier alpha value is -0.160. The standard InChI is InChI=1S/C13H15Cl2NOS2/c1-16-12(18)13(4-2-3-5-19(13)17)9-6-10(14)8-11(15)7-9/h2-6,9,11H,7-8H2,1H3,(H,16,18)/t9?,11?,13-,19+/m0/s1. The lowest BCUT2D eigenvalue weighted by Gasteiger charge is -2.39. The maximum atomic E-state index is 12.6. The molecule has 0 aromatic heterocycles. The second-order valence-electron chi connectivity index (χ2n) is 4.61. The summed E-state index contributed by atoms with van der Waals surface area (Å²) in [5, 5.41) is 5.31. The second kappa shape index (κ2) is 6.08.